The predicted octanol–water partition coefficient (Wildman–Crippen LogP) is 2.99. The molecule has 1 unspecified atom stereocenters. The number of aliphatic hydroxyl groups is 1. The van der Waals surface area contributed by atoms with Crippen LogP contribution in [0, 0.1) is 11.6 Å². The molecule has 1 fully saturated rings. The average Bonchev–Trinajstić information content (AvgIpc) is 2.81. The van der Waals surface area contributed by atoms with Gasteiger partial charge in [-0.2, -0.15) is 0 Å². The van der Waals surface area contributed by atoms with Crippen molar-refractivity contribution in [2.75, 3.05) is 6.54 Å². The van der Waals surface area contributed by atoms with E-state index in [9.17, 15) is 18.7 Å². The monoisotopic (exact) mass is 303 g/mol. The Morgan fingerprint density at radius 3 is 2.60 bits per heavy atom. The van der Waals surface area contributed by atoms with Crippen molar-refractivity contribution in [2.24, 2.45) is 0 Å². The topological polar surface area (TPSA) is 40.5 Å². The predicted molar refractivity (Wildman–Crippen MR) is 71.7 cm³/mol. The summed E-state index contributed by atoms with van der Waals surface area (Å²) in [6.07, 6.45) is 1.41. The molecule has 3 nitrogen and oxygen atoms in total. The Bertz CT molecular complexity index is 543. The second-order valence-electron chi connectivity index (χ2n) is 5.56. The third kappa shape index (κ3) is 2.79. The van der Waals surface area contributed by atoms with E-state index in [0.717, 1.165) is 18.6 Å². The molecule has 0 aromatic heterocycles. The molecule has 1 aliphatic heterocycles. The van der Waals surface area contributed by atoms with Crippen LogP contribution in [0.5, 0.6) is 0 Å². The van der Waals surface area contributed by atoms with Gasteiger partial charge in [-0.15, -0.1) is 0 Å². The minimum absolute atomic E-state index is 0.0817. The molecule has 0 spiro atoms. The van der Waals surface area contributed by atoms with Gasteiger partial charge in [0.25, 0.3) is 5.91 Å². The molecule has 1 amide bonds. The van der Waals surface area contributed by atoms with Crippen molar-refractivity contribution in [3.8, 4) is 0 Å². The van der Waals surface area contributed by atoms with Crippen LogP contribution in [0.3, 0.4) is 0 Å². The van der Waals surface area contributed by atoms with Crippen molar-refractivity contribution < 1.29 is 18.7 Å². The van der Waals surface area contributed by atoms with Crippen LogP contribution >= 0.6 is 11.6 Å². The fourth-order valence-electron chi connectivity index (χ4n) is 2.59. The van der Waals surface area contributed by atoms with E-state index in [1.807, 2.05) is 0 Å². The Labute approximate surface area is 121 Å². The van der Waals surface area contributed by atoms with Gasteiger partial charge in [-0.25, -0.2) is 8.78 Å². The highest BCUT2D eigenvalue weighted by molar-refractivity contribution is 6.33. The van der Waals surface area contributed by atoms with E-state index in [2.05, 4.69) is 0 Å². The Hall–Kier alpha value is -1.20. The number of hydrogen-bond donors (Lipinski definition) is 1. The summed E-state index contributed by atoms with van der Waals surface area (Å²) in [5.74, 6) is -2.69. The third-order valence-electron chi connectivity index (χ3n) is 3.57. The van der Waals surface area contributed by atoms with Crippen molar-refractivity contribution in [1.29, 1.82) is 0 Å². The van der Waals surface area contributed by atoms with Crippen molar-refractivity contribution >= 4 is 17.5 Å². The van der Waals surface area contributed by atoms with E-state index in [1.54, 1.807) is 13.8 Å². The first-order valence-corrected chi connectivity index (χ1v) is 6.77. The zero-order chi connectivity index (χ0) is 15.1. The largest absolute Gasteiger partial charge is 0.388 e. The maximum atomic E-state index is 13.3. The molecule has 110 valence electrons. The summed E-state index contributed by atoms with van der Waals surface area (Å²) in [6, 6.07) is 1.23. The SMILES string of the molecule is CC(C)(O)C1CCCN1C(=O)c1cc(F)c(F)cc1Cl. The second kappa shape index (κ2) is 5.30. The molecule has 0 bridgehead atoms. The van der Waals surface area contributed by atoms with E-state index >= 15 is 0 Å². The number of likely N-dealkylation sites (tertiary alicyclic amines) is 1. The van der Waals surface area contributed by atoms with E-state index in [1.165, 1.54) is 4.90 Å². The summed E-state index contributed by atoms with van der Waals surface area (Å²) in [5.41, 5.74) is -1.14. The average molecular weight is 304 g/mol. The lowest BCUT2D eigenvalue weighted by molar-refractivity contribution is 0.000323. The van der Waals surface area contributed by atoms with Gasteiger partial charge in [-0.05, 0) is 38.8 Å². The Morgan fingerprint density at radius 2 is 2.00 bits per heavy atom. The first kappa shape index (κ1) is 15.2. The van der Waals surface area contributed by atoms with E-state index in [-0.39, 0.29) is 16.6 Å². The number of benzene rings is 1. The van der Waals surface area contributed by atoms with Gasteiger partial charge in [-0.1, -0.05) is 11.6 Å². The molecule has 1 aromatic carbocycles. The normalized spacial score (nSPS) is 19.5. The molecular formula is C14H16ClF2NO2. The number of amides is 1. The maximum Gasteiger partial charge on any atom is 0.255 e. The zero-order valence-electron chi connectivity index (χ0n) is 11.3. The fraction of sp³-hybridized carbons (Fsp3) is 0.500. The lowest BCUT2D eigenvalue weighted by Gasteiger charge is -2.34. The Morgan fingerprint density at radius 1 is 1.40 bits per heavy atom. The maximum absolute atomic E-state index is 13.3. The molecule has 1 aliphatic rings. The van der Waals surface area contributed by atoms with Crippen LogP contribution in [0.2, 0.25) is 5.02 Å². The van der Waals surface area contributed by atoms with Gasteiger partial charge in [0.2, 0.25) is 0 Å². The quantitative estimate of drug-likeness (QED) is 0.853. The van der Waals surface area contributed by atoms with E-state index in [0.29, 0.717) is 13.0 Å². The molecule has 0 radical (unpaired) electrons. The molecule has 2 rings (SSSR count). The van der Waals surface area contributed by atoms with Crippen LogP contribution in [0.25, 0.3) is 0 Å². The molecule has 1 heterocycles. The summed E-state index contributed by atoms with van der Waals surface area (Å²) >= 11 is 5.82. The molecule has 1 saturated heterocycles. The number of nitrogens with zero attached hydrogens (tertiary/aromatic N) is 1. The lowest BCUT2D eigenvalue weighted by Crippen LogP contribution is -2.48. The highest BCUT2D eigenvalue weighted by Gasteiger charge is 2.39. The zero-order valence-corrected chi connectivity index (χ0v) is 12.0. The highest BCUT2D eigenvalue weighted by Crippen LogP contribution is 2.30. The van der Waals surface area contributed by atoms with Gasteiger partial charge in [0, 0.05) is 6.54 Å². The van der Waals surface area contributed by atoms with E-state index in [4.69, 9.17) is 11.6 Å². The molecule has 0 saturated carbocycles. The Kier molecular flexibility index (Phi) is 4.02. The van der Waals surface area contributed by atoms with Crippen LogP contribution < -0.4 is 0 Å². The first-order chi connectivity index (χ1) is 9.21. The molecule has 1 atom stereocenters. The van der Waals surface area contributed by atoms with Gasteiger partial charge in [0.15, 0.2) is 11.6 Å². The molecule has 6 heteroatoms. The Balaban J connectivity index is 2.34. The first-order valence-electron chi connectivity index (χ1n) is 6.39. The summed E-state index contributed by atoms with van der Waals surface area (Å²) in [6.45, 7) is 3.70. The van der Waals surface area contributed by atoms with Crippen LogP contribution in [0.15, 0.2) is 12.1 Å². The van der Waals surface area contributed by atoms with Gasteiger partial charge >= 0.3 is 0 Å². The number of carbonyl (C=O) groups is 1. The third-order valence-corrected chi connectivity index (χ3v) is 3.88. The standard InChI is InChI=1S/C14H16ClF2NO2/c1-14(2,20)12-4-3-5-18(12)13(19)8-6-10(16)11(17)7-9(8)15/h6-7,12,20H,3-5H2,1-2H3. The minimum Gasteiger partial charge on any atom is -0.388 e. The van der Waals surface area contributed by atoms with Gasteiger partial charge in [-0.3, -0.25) is 4.79 Å². The minimum atomic E-state index is -1.11. The van der Waals surface area contributed by atoms with Crippen LogP contribution in [0.4, 0.5) is 8.78 Å². The number of halogens is 3. The summed E-state index contributed by atoms with van der Waals surface area (Å²) in [5, 5.41) is 9.96. The second-order valence-corrected chi connectivity index (χ2v) is 5.96. The molecule has 1 aromatic rings. The van der Waals surface area contributed by atoms with Crippen LogP contribution in [-0.2, 0) is 0 Å². The summed E-state index contributed by atoms with van der Waals surface area (Å²) < 4.78 is 26.3. The smallest absolute Gasteiger partial charge is 0.255 e. The van der Waals surface area contributed by atoms with Crippen molar-refractivity contribution in [1.82, 2.24) is 4.90 Å². The summed E-state index contributed by atoms with van der Waals surface area (Å²) in [7, 11) is 0. The van der Waals surface area contributed by atoms with Crippen molar-refractivity contribution in [3.63, 3.8) is 0 Å². The van der Waals surface area contributed by atoms with Crippen LogP contribution in [-0.4, -0.2) is 34.1 Å². The fourth-order valence-corrected chi connectivity index (χ4v) is 2.82. The van der Waals surface area contributed by atoms with Crippen molar-refractivity contribution in [3.05, 3.63) is 34.4 Å². The van der Waals surface area contributed by atoms with Gasteiger partial charge < -0.3 is 10.0 Å². The highest BCUT2D eigenvalue weighted by atomic mass is 35.5. The van der Waals surface area contributed by atoms with E-state index < -0.39 is 23.1 Å². The number of rotatable bonds is 2. The number of carbonyl (C=O) groups excluding carboxylic acids is 1. The molecular weight excluding hydrogens is 288 g/mol. The van der Waals surface area contributed by atoms with Gasteiger partial charge in [0.05, 0.1) is 22.2 Å². The summed E-state index contributed by atoms with van der Waals surface area (Å²) in [4.78, 5) is 13.9. The molecule has 20 heavy (non-hydrogen) atoms. The van der Waals surface area contributed by atoms with Gasteiger partial charge in [0.1, 0.15) is 0 Å². The molecule has 1 N–H and O–H groups in total. The lowest BCUT2D eigenvalue weighted by atomic mass is 9.96. The van der Waals surface area contributed by atoms with Crippen LogP contribution in [0.1, 0.15) is 37.0 Å². The number of hydrogen-bond acceptors (Lipinski definition) is 2. The van der Waals surface area contributed by atoms with Crippen molar-refractivity contribution in [2.45, 2.75) is 38.3 Å². The molecule has 0 aliphatic carbocycles.